The van der Waals surface area contributed by atoms with Crippen LogP contribution in [0.15, 0.2) is 12.1 Å². The topological polar surface area (TPSA) is 45.6 Å². The van der Waals surface area contributed by atoms with Gasteiger partial charge in [-0.25, -0.2) is 4.98 Å². The van der Waals surface area contributed by atoms with E-state index < -0.39 is 0 Å². The van der Waals surface area contributed by atoms with Crippen LogP contribution in [-0.4, -0.2) is 36.4 Å². The molecule has 1 rings (SSSR count). The zero-order chi connectivity index (χ0) is 12.7. The maximum atomic E-state index is 9.12. The van der Waals surface area contributed by atoms with Crippen LogP contribution in [0.25, 0.3) is 0 Å². The van der Waals surface area contributed by atoms with Gasteiger partial charge >= 0.3 is 0 Å². The maximum Gasteiger partial charge on any atom is 0.129 e. The first-order valence-electron chi connectivity index (χ1n) is 5.81. The zero-order valence-corrected chi connectivity index (χ0v) is 11.1. The first-order chi connectivity index (χ1) is 8.22. The van der Waals surface area contributed by atoms with Crippen LogP contribution in [0.4, 0.5) is 5.82 Å². The lowest BCUT2D eigenvalue weighted by atomic mass is 10.3. The van der Waals surface area contributed by atoms with Gasteiger partial charge in [0.05, 0.1) is 23.9 Å². The lowest BCUT2D eigenvalue weighted by molar-refractivity contribution is 0.154. The fraction of sp³-hybridized carbons (Fsp3) is 0.583. The minimum Gasteiger partial charge on any atom is -0.390 e. The van der Waals surface area contributed by atoms with E-state index in [1.165, 1.54) is 0 Å². The smallest absolute Gasteiger partial charge is 0.129 e. The molecule has 1 heterocycles. The molecular weight excluding hydrogens is 240 g/mol. The third-order valence-corrected chi connectivity index (χ3v) is 2.81. The number of rotatable bonds is 7. The molecule has 4 nitrogen and oxygen atoms in total. The minimum absolute atomic E-state index is 0.143. The number of ether oxygens (including phenoxy) is 1. The van der Waals surface area contributed by atoms with Crippen LogP contribution in [-0.2, 0) is 11.3 Å². The molecule has 0 radical (unpaired) electrons. The van der Waals surface area contributed by atoms with Gasteiger partial charge in [-0.05, 0) is 26.0 Å². The van der Waals surface area contributed by atoms with E-state index in [9.17, 15) is 0 Å². The van der Waals surface area contributed by atoms with Gasteiger partial charge in [0.15, 0.2) is 0 Å². The molecule has 0 saturated carbocycles. The Kier molecular flexibility index (Phi) is 6.26. The minimum atomic E-state index is -0.143. The third kappa shape index (κ3) is 4.15. The number of likely N-dealkylation sites (N-methyl/N-ethyl adjacent to an activating group) is 1. The number of anilines is 1. The molecule has 1 N–H and O–H groups in total. The van der Waals surface area contributed by atoms with Gasteiger partial charge in [0.2, 0.25) is 0 Å². The Morgan fingerprint density at radius 3 is 2.76 bits per heavy atom. The molecule has 96 valence electrons. The van der Waals surface area contributed by atoms with E-state index in [1.807, 2.05) is 13.0 Å². The van der Waals surface area contributed by atoms with E-state index in [0.29, 0.717) is 23.9 Å². The van der Waals surface area contributed by atoms with Crippen LogP contribution >= 0.6 is 11.6 Å². The second-order valence-electron chi connectivity index (χ2n) is 3.53. The van der Waals surface area contributed by atoms with Crippen molar-refractivity contribution in [3.05, 3.63) is 22.8 Å². The van der Waals surface area contributed by atoms with E-state index in [1.54, 1.807) is 6.07 Å². The fourth-order valence-electron chi connectivity index (χ4n) is 1.51. The third-order valence-electron chi connectivity index (χ3n) is 2.47. The summed E-state index contributed by atoms with van der Waals surface area (Å²) in [5.41, 5.74) is 0.513. The molecule has 0 saturated heterocycles. The molecule has 0 spiro atoms. The van der Waals surface area contributed by atoms with Gasteiger partial charge in [-0.3, -0.25) is 0 Å². The quantitative estimate of drug-likeness (QED) is 0.761. The van der Waals surface area contributed by atoms with Gasteiger partial charge in [-0.2, -0.15) is 0 Å². The molecule has 0 unspecified atom stereocenters. The highest BCUT2D eigenvalue weighted by Gasteiger charge is 2.08. The summed E-state index contributed by atoms with van der Waals surface area (Å²) < 4.78 is 5.32. The van der Waals surface area contributed by atoms with Crippen molar-refractivity contribution in [3.63, 3.8) is 0 Å². The van der Waals surface area contributed by atoms with Crippen molar-refractivity contribution in [1.29, 1.82) is 0 Å². The van der Waals surface area contributed by atoms with Crippen molar-refractivity contribution >= 4 is 17.4 Å². The number of hydrogen-bond donors (Lipinski definition) is 1. The number of halogens is 1. The van der Waals surface area contributed by atoms with Gasteiger partial charge in [0.1, 0.15) is 5.82 Å². The molecule has 17 heavy (non-hydrogen) atoms. The van der Waals surface area contributed by atoms with Crippen LogP contribution in [0.2, 0.25) is 5.02 Å². The van der Waals surface area contributed by atoms with Crippen LogP contribution in [0, 0.1) is 0 Å². The molecule has 1 aromatic heterocycles. The van der Waals surface area contributed by atoms with E-state index in [0.717, 1.165) is 18.9 Å². The molecule has 0 aliphatic carbocycles. The van der Waals surface area contributed by atoms with Crippen molar-refractivity contribution < 1.29 is 9.84 Å². The maximum absolute atomic E-state index is 9.12. The highest BCUT2D eigenvalue weighted by molar-refractivity contribution is 6.31. The fourth-order valence-corrected chi connectivity index (χ4v) is 1.68. The second-order valence-corrected chi connectivity index (χ2v) is 3.94. The lowest BCUT2D eigenvalue weighted by Gasteiger charge is -2.22. The molecule has 0 fully saturated rings. The number of aliphatic hydroxyl groups is 1. The molecule has 5 heteroatoms. The number of aliphatic hydroxyl groups excluding tert-OH is 1. The molecule has 0 aromatic carbocycles. The number of aromatic nitrogens is 1. The SMILES string of the molecule is CCOCCN(CC)c1ccc(Cl)c(CO)n1. The molecular formula is C12H19ClN2O2. The summed E-state index contributed by atoms with van der Waals surface area (Å²) in [5.74, 6) is 0.820. The predicted molar refractivity (Wildman–Crippen MR) is 69.5 cm³/mol. The highest BCUT2D eigenvalue weighted by atomic mass is 35.5. The van der Waals surface area contributed by atoms with E-state index in [-0.39, 0.29) is 6.61 Å². The summed E-state index contributed by atoms with van der Waals surface area (Å²) in [6.45, 7) is 6.89. The van der Waals surface area contributed by atoms with Gasteiger partial charge in [0.25, 0.3) is 0 Å². The van der Waals surface area contributed by atoms with Crippen molar-refractivity contribution in [2.75, 3.05) is 31.2 Å². The molecule has 0 amide bonds. The van der Waals surface area contributed by atoms with Crippen molar-refractivity contribution in [2.24, 2.45) is 0 Å². The monoisotopic (exact) mass is 258 g/mol. The molecule has 1 aromatic rings. The van der Waals surface area contributed by atoms with Gasteiger partial charge in [0, 0.05) is 19.7 Å². The summed E-state index contributed by atoms with van der Waals surface area (Å²) >= 11 is 5.91. The summed E-state index contributed by atoms with van der Waals surface area (Å²) in [5, 5.41) is 9.62. The summed E-state index contributed by atoms with van der Waals surface area (Å²) in [7, 11) is 0. The normalized spacial score (nSPS) is 10.6. The average molecular weight is 259 g/mol. The summed E-state index contributed by atoms with van der Waals surface area (Å²) in [6.07, 6.45) is 0. The number of pyridine rings is 1. The van der Waals surface area contributed by atoms with Crippen LogP contribution in [0.3, 0.4) is 0 Å². The lowest BCUT2D eigenvalue weighted by Crippen LogP contribution is -2.28. The van der Waals surface area contributed by atoms with Gasteiger partial charge < -0.3 is 14.7 Å². The Labute approximate surface area is 107 Å². The van der Waals surface area contributed by atoms with E-state index >= 15 is 0 Å². The summed E-state index contributed by atoms with van der Waals surface area (Å²) in [6, 6.07) is 3.62. The number of nitrogens with zero attached hydrogens (tertiary/aromatic N) is 2. The Morgan fingerprint density at radius 1 is 1.41 bits per heavy atom. The molecule has 0 atom stereocenters. The van der Waals surface area contributed by atoms with Crippen LogP contribution < -0.4 is 4.90 Å². The van der Waals surface area contributed by atoms with Crippen LogP contribution in [0.5, 0.6) is 0 Å². The van der Waals surface area contributed by atoms with Crippen LogP contribution in [0.1, 0.15) is 19.5 Å². The first kappa shape index (κ1) is 14.2. The van der Waals surface area contributed by atoms with Gasteiger partial charge in [-0.1, -0.05) is 11.6 Å². The zero-order valence-electron chi connectivity index (χ0n) is 10.3. The predicted octanol–water partition coefficient (Wildman–Crippen LogP) is 2.09. The number of hydrogen-bond acceptors (Lipinski definition) is 4. The van der Waals surface area contributed by atoms with Crippen molar-refractivity contribution in [2.45, 2.75) is 20.5 Å². The molecule has 0 bridgehead atoms. The Hall–Kier alpha value is -0.840. The standard InChI is InChI=1S/C12H19ClN2O2/c1-3-15(7-8-17-4-2)12-6-5-10(13)11(9-16)14-12/h5-6,16H,3-4,7-9H2,1-2H3. The van der Waals surface area contributed by atoms with Gasteiger partial charge in [-0.15, -0.1) is 0 Å². The van der Waals surface area contributed by atoms with E-state index in [2.05, 4.69) is 16.8 Å². The Bertz CT molecular complexity index is 347. The van der Waals surface area contributed by atoms with E-state index in [4.69, 9.17) is 21.4 Å². The Balaban J connectivity index is 2.73. The molecule has 0 aliphatic heterocycles. The average Bonchev–Trinajstić information content (AvgIpc) is 2.36. The first-order valence-corrected chi connectivity index (χ1v) is 6.19. The second kappa shape index (κ2) is 7.48. The Morgan fingerprint density at radius 2 is 2.18 bits per heavy atom. The molecule has 0 aliphatic rings. The van der Waals surface area contributed by atoms with Crippen molar-refractivity contribution in [1.82, 2.24) is 4.98 Å². The van der Waals surface area contributed by atoms with Crippen molar-refractivity contribution in [3.8, 4) is 0 Å². The highest BCUT2D eigenvalue weighted by Crippen LogP contribution is 2.19. The summed E-state index contributed by atoms with van der Waals surface area (Å²) in [4.78, 5) is 6.42. The largest absolute Gasteiger partial charge is 0.390 e.